The molecule has 2 aromatic heterocycles. The molecule has 32 heavy (non-hydrogen) atoms. The number of halogens is 2. The van der Waals surface area contributed by atoms with Crippen molar-refractivity contribution in [2.24, 2.45) is 7.05 Å². The molecule has 4 rings (SSSR count). The van der Waals surface area contributed by atoms with E-state index >= 15 is 0 Å². The van der Waals surface area contributed by atoms with Crippen LogP contribution < -0.4 is 14.8 Å². The van der Waals surface area contributed by atoms with Crippen molar-refractivity contribution in [1.82, 2.24) is 14.8 Å². The van der Waals surface area contributed by atoms with Crippen molar-refractivity contribution in [3.05, 3.63) is 66.0 Å². The third-order valence-corrected chi connectivity index (χ3v) is 4.89. The van der Waals surface area contributed by atoms with Crippen LogP contribution in [0.25, 0.3) is 22.2 Å². The minimum absolute atomic E-state index is 0.0781. The summed E-state index contributed by atoms with van der Waals surface area (Å²) in [6.07, 6.45) is 1.85. The topological polar surface area (TPSA) is 78.3 Å². The van der Waals surface area contributed by atoms with Crippen molar-refractivity contribution in [2.45, 2.75) is 13.5 Å². The highest BCUT2D eigenvalue weighted by Gasteiger charge is 2.17. The zero-order valence-corrected chi connectivity index (χ0v) is 17.6. The van der Waals surface area contributed by atoms with Crippen LogP contribution in [-0.4, -0.2) is 34.4 Å². The van der Waals surface area contributed by atoms with Gasteiger partial charge in [0, 0.05) is 35.9 Å². The number of ether oxygens (including phenoxy) is 2. The molecule has 0 aliphatic heterocycles. The maximum absolute atomic E-state index is 13.2. The number of carbonyl (C=O) groups is 1. The monoisotopic (exact) mass is 438 g/mol. The summed E-state index contributed by atoms with van der Waals surface area (Å²) >= 11 is 0. The van der Waals surface area contributed by atoms with E-state index in [1.807, 2.05) is 44.4 Å². The molecule has 164 valence electrons. The van der Waals surface area contributed by atoms with Crippen molar-refractivity contribution in [2.75, 3.05) is 12.4 Å². The van der Waals surface area contributed by atoms with Crippen molar-refractivity contribution >= 4 is 22.5 Å². The van der Waals surface area contributed by atoms with E-state index in [9.17, 15) is 13.6 Å². The van der Waals surface area contributed by atoms with Gasteiger partial charge >= 0.3 is 6.61 Å². The van der Waals surface area contributed by atoms with Crippen LogP contribution in [0, 0.1) is 6.92 Å². The van der Waals surface area contributed by atoms with Crippen LogP contribution >= 0.6 is 0 Å². The van der Waals surface area contributed by atoms with Gasteiger partial charge in [-0.15, -0.1) is 0 Å². The van der Waals surface area contributed by atoms with Crippen LogP contribution in [0.2, 0.25) is 0 Å². The number of anilines is 1. The van der Waals surface area contributed by atoms with Gasteiger partial charge in [-0.1, -0.05) is 18.2 Å². The molecular formula is C23H20F2N4O3. The Hall–Kier alpha value is -4.01. The Bertz CT molecular complexity index is 1300. The van der Waals surface area contributed by atoms with Crippen LogP contribution in [0.15, 0.2) is 54.7 Å². The van der Waals surface area contributed by atoms with Gasteiger partial charge in [0.05, 0.1) is 29.6 Å². The van der Waals surface area contributed by atoms with E-state index in [0.29, 0.717) is 27.8 Å². The summed E-state index contributed by atoms with van der Waals surface area (Å²) < 4.78 is 36.4. The van der Waals surface area contributed by atoms with E-state index < -0.39 is 6.61 Å². The highest BCUT2D eigenvalue weighted by molar-refractivity contribution is 6.13. The second-order valence-corrected chi connectivity index (χ2v) is 7.07. The number of aromatic nitrogens is 3. The molecule has 0 aliphatic rings. The fourth-order valence-corrected chi connectivity index (χ4v) is 3.49. The van der Waals surface area contributed by atoms with E-state index in [2.05, 4.69) is 15.2 Å². The second-order valence-electron chi connectivity index (χ2n) is 7.07. The lowest BCUT2D eigenvalue weighted by Crippen LogP contribution is -2.13. The number of nitrogens with zero attached hydrogens (tertiary/aromatic N) is 3. The Kier molecular flexibility index (Phi) is 5.72. The maximum atomic E-state index is 13.2. The predicted molar refractivity (Wildman–Crippen MR) is 116 cm³/mol. The molecule has 1 amide bonds. The normalized spacial score (nSPS) is 11.1. The maximum Gasteiger partial charge on any atom is 0.387 e. The lowest BCUT2D eigenvalue weighted by Gasteiger charge is -2.13. The summed E-state index contributed by atoms with van der Waals surface area (Å²) in [6, 6.07) is 13.2. The van der Waals surface area contributed by atoms with Crippen LogP contribution in [-0.2, 0) is 7.05 Å². The molecule has 0 atom stereocenters. The summed E-state index contributed by atoms with van der Waals surface area (Å²) in [5, 5.41) is 7.83. The summed E-state index contributed by atoms with van der Waals surface area (Å²) in [7, 11) is 3.15. The Balaban J connectivity index is 1.73. The lowest BCUT2D eigenvalue weighted by molar-refractivity contribution is -0.0512. The van der Waals surface area contributed by atoms with Crippen molar-refractivity contribution < 1.29 is 23.0 Å². The van der Waals surface area contributed by atoms with Crippen LogP contribution in [0.3, 0.4) is 0 Å². The number of para-hydroxylation sites is 1. The molecule has 0 saturated heterocycles. The standard InChI is InChI=1S/C23H20F2N4O3/c1-13-17(12-29(2)28-13)19-11-16(15-6-4-5-7-18(15)27-19)22(30)26-14-8-9-20(32-23(24)25)21(10-14)31-3/h4-12,23H,1-3H3,(H,26,30). The summed E-state index contributed by atoms with van der Waals surface area (Å²) in [6.45, 7) is -1.11. The fraction of sp³-hybridized carbons (Fsp3) is 0.174. The average Bonchev–Trinajstić information content (AvgIpc) is 3.11. The first-order valence-electron chi connectivity index (χ1n) is 9.70. The van der Waals surface area contributed by atoms with Crippen LogP contribution in [0.5, 0.6) is 11.5 Å². The number of fused-ring (bicyclic) bond motifs is 1. The fourth-order valence-electron chi connectivity index (χ4n) is 3.49. The molecule has 0 aliphatic carbocycles. The summed E-state index contributed by atoms with van der Waals surface area (Å²) in [4.78, 5) is 17.9. The van der Waals surface area contributed by atoms with Crippen LogP contribution in [0.4, 0.5) is 14.5 Å². The molecule has 0 bridgehead atoms. The number of hydrogen-bond acceptors (Lipinski definition) is 5. The highest BCUT2D eigenvalue weighted by Crippen LogP contribution is 2.32. The third kappa shape index (κ3) is 4.22. The van der Waals surface area contributed by atoms with E-state index in [1.54, 1.807) is 10.7 Å². The molecule has 0 radical (unpaired) electrons. The smallest absolute Gasteiger partial charge is 0.387 e. The Morgan fingerprint density at radius 1 is 1.12 bits per heavy atom. The summed E-state index contributed by atoms with van der Waals surface area (Å²) in [5.74, 6) is -0.422. The molecular weight excluding hydrogens is 418 g/mol. The van der Waals surface area contributed by atoms with Gasteiger partial charge in [-0.25, -0.2) is 4.98 Å². The van der Waals surface area contributed by atoms with Gasteiger partial charge in [0.1, 0.15) is 0 Å². The number of methoxy groups -OCH3 is 1. The Morgan fingerprint density at radius 3 is 2.59 bits per heavy atom. The van der Waals surface area contributed by atoms with Gasteiger partial charge < -0.3 is 14.8 Å². The molecule has 2 aromatic carbocycles. The molecule has 4 aromatic rings. The SMILES string of the molecule is COc1cc(NC(=O)c2cc(-c3cn(C)nc3C)nc3ccccc23)ccc1OC(F)F. The zero-order valence-electron chi connectivity index (χ0n) is 17.6. The van der Waals surface area contributed by atoms with Gasteiger partial charge in [-0.2, -0.15) is 13.9 Å². The first-order valence-corrected chi connectivity index (χ1v) is 9.70. The molecule has 1 N–H and O–H groups in total. The van der Waals surface area contributed by atoms with Gasteiger partial charge in [-0.05, 0) is 31.2 Å². The zero-order chi connectivity index (χ0) is 22.8. The first-order chi connectivity index (χ1) is 15.4. The van der Waals surface area contributed by atoms with Gasteiger partial charge in [-0.3, -0.25) is 9.48 Å². The summed E-state index contributed by atoms with van der Waals surface area (Å²) in [5.41, 5.74) is 3.69. The number of nitrogens with one attached hydrogen (secondary N) is 1. The number of rotatable bonds is 6. The third-order valence-electron chi connectivity index (χ3n) is 4.89. The van der Waals surface area contributed by atoms with E-state index in [0.717, 1.165) is 11.3 Å². The molecule has 9 heteroatoms. The van der Waals surface area contributed by atoms with E-state index in [1.165, 1.54) is 25.3 Å². The van der Waals surface area contributed by atoms with Crippen molar-refractivity contribution in [3.63, 3.8) is 0 Å². The number of carbonyl (C=O) groups excluding carboxylic acids is 1. The number of alkyl halides is 2. The number of hydrogen-bond donors (Lipinski definition) is 1. The lowest BCUT2D eigenvalue weighted by atomic mass is 10.0. The minimum Gasteiger partial charge on any atom is -0.493 e. The Labute approximate surface area is 182 Å². The number of amides is 1. The minimum atomic E-state index is -2.98. The highest BCUT2D eigenvalue weighted by atomic mass is 19.3. The second kappa shape index (κ2) is 8.62. The van der Waals surface area contributed by atoms with Gasteiger partial charge in [0.15, 0.2) is 11.5 Å². The number of benzene rings is 2. The molecule has 0 unspecified atom stereocenters. The largest absolute Gasteiger partial charge is 0.493 e. The van der Waals surface area contributed by atoms with E-state index in [-0.39, 0.29) is 17.4 Å². The number of aryl methyl sites for hydroxylation is 2. The van der Waals surface area contributed by atoms with E-state index in [4.69, 9.17) is 9.72 Å². The van der Waals surface area contributed by atoms with Crippen molar-refractivity contribution in [3.8, 4) is 22.8 Å². The molecule has 7 nitrogen and oxygen atoms in total. The van der Waals surface area contributed by atoms with Gasteiger partial charge in [0.2, 0.25) is 0 Å². The van der Waals surface area contributed by atoms with Gasteiger partial charge in [0.25, 0.3) is 5.91 Å². The van der Waals surface area contributed by atoms with Crippen LogP contribution in [0.1, 0.15) is 16.1 Å². The average molecular weight is 438 g/mol. The number of pyridine rings is 1. The quantitative estimate of drug-likeness (QED) is 0.468. The Morgan fingerprint density at radius 2 is 1.91 bits per heavy atom. The molecule has 0 saturated carbocycles. The molecule has 0 fully saturated rings. The molecule has 0 spiro atoms. The first kappa shape index (κ1) is 21.2. The van der Waals surface area contributed by atoms with Crippen molar-refractivity contribution in [1.29, 1.82) is 0 Å². The predicted octanol–water partition coefficient (Wildman–Crippen LogP) is 4.81. The molecule has 2 heterocycles.